The Hall–Kier alpha value is -3.86. The average molecular weight is 446 g/mol. The lowest BCUT2D eigenvalue weighted by molar-refractivity contribution is 0.0737. The number of carbonyl (C=O) groups is 1. The molecule has 0 N–H and O–H groups in total. The average Bonchev–Trinajstić information content (AvgIpc) is 3.49. The molecule has 7 nitrogen and oxygen atoms in total. The fraction of sp³-hybridized carbons (Fsp3) is 0.320. The number of amides is 1. The molecule has 1 atom stereocenters. The molecular weight excluding hydrogens is 423 g/mol. The van der Waals surface area contributed by atoms with E-state index in [-0.39, 0.29) is 34.7 Å². The van der Waals surface area contributed by atoms with Gasteiger partial charge in [0.1, 0.15) is 23.2 Å². The van der Waals surface area contributed by atoms with Gasteiger partial charge in [0, 0.05) is 18.3 Å². The topological polar surface area (TPSA) is 80.4 Å². The monoisotopic (exact) mass is 446 g/mol. The van der Waals surface area contributed by atoms with Crippen molar-refractivity contribution in [2.75, 3.05) is 7.11 Å². The highest BCUT2D eigenvalue weighted by atomic mass is 19.1. The number of benzene rings is 2. The number of nitriles is 1. The second kappa shape index (κ2) is 8.24. The molecule has 0 radical (unpaired) electrons. The summed E-state index contributed by atoms with van der Waals surface area (Å²) in [5.74, 6) is 0.559. The van der Waals surface area contributed by atoms with Gasteiger partial charge in [-0.1, -0.05) is 0 Å². The van der Waals surface area contributed by atoms with Crippen LogP contribution < -0.4 is 9.47 Å². The number of methoxy groups -OCH3 is 1. The summed E-state index contributed by atoms with van der Waals surface area (Å²) in [5, 5.41) is 14.1. The van der Waals surface area contributed by atoms with Crippen molar-refractivity contribution in [1.29, 1.82) is 5.26 Å². The van der Waals surface area contributed by atoms with E-state index in [4.69, 9.17) is 9.47 Å². The van der Waals surface area contributed by atoms with Gasteiger partial charge < -0.3 is 14.4 Å². The molecule has 0 saturated heterocycles. The van der Waals surface area contributed by atoms with Gasteiger partial charge in [0.15, 0.2) is 5.75 Å². The third kappa shape index (κ3) is 3.91. The maximum atomic E-state index is 13.6. The summed E-state index contributed by atoms with van der Waals surface area (Å²) in [7, 11) is 1.45. The fourth-order valence-electron chi connectivity index (χ4n) is 4.21. The quantitative estimate of drug-likeness (QED) is 0.566. The Morgan fingerprint density at radius 1 is 1.21 bits per heavy atom. The van der Waals surface area contributed by atoms with Crippen molar-refractivity contribution in [2.45, 2.75) is 39.0 Å². The van der Waals surface area contributed by atoms with E-state index < -0.39 is 0 Å². The normalized spacial score (nSPS) is 15.6. The van der Waals surface area contributed by atoms with Gasteiger partial charge in [0.25, 0.3) is 5.91 Å². The smallest absolute Gasteiger partial charge is 0.262 e. The van der Waals surface area contributed by atoms with Crippen LogP contribution in [0, 0.1) is 23.1 Å². The largest absolute Gasteiger partial charge is 0.494 e. The summed E-state index contributed by atoms with van der Waals surface area (Å²) >= 11 is 0. The van der Waals surface area contributed by atoms with Crippen LogP contribution in [-0.2, 0) is 13.1 Å². The van der Waals surface area contributed by atoms with Crippen molar-refractivity contribution in [3.63, 3.8) is 0 Å². The number of hydrogen-bond donors (Lipinski definition) is 0. The van der Waals surface area contributed by atoms with E-state index in [0.717, 1.165) is 29.8 Å². The maximum absolute atomic E-state index is 13.6. The van der Waals surface area contributed by atoms with Gasteiger partial charge in [-0.25, -0.2) is 9.07 Å². The van der Waals surface area contributed by atoms with E-state index in [1.165, 1.54) is 19.2 Å². The highest BCUT2D eigenvalue weighted by molar-refractivity contribution is 6.00. The van der Waals surface area contributed by atoms with E-state index in [1.807, 2.05) is 13.1 Å². The summed E-state index contributed by atoms with van der Waals surface area (Å²) in [6.07, 6.45) is 4.06. The molecule has 168 valence electrons. The fourth-order valence-corrected chi connectivity index (χ4v) is 4.21. The molecule has 1 saturated carbocycles. The lowest BCUT2D eigenvalue weighted by Crippen LogP contribution is -2.28. The third-order valence-corrected chi connectivity index (χ3v) is 6.21. The highest BCUT2D eigenvalue weighted by Crippen LogP contribution is 2.39. The van der Waals surface area contributed by atoms with Crippen LogP contribution in [0.2, 0.25) is 0 Å². The zero-order valence-electron chi connectivity index (χ0n) is 18.4. The molecule has 1 aliphatic heterocycles. The van der Waals surface area contributed by atoms with Gasteiger partial charge in [-0.3, -0.25) is 4.79 Å². The lowest BCUT2D eigenvalue weighted by atomic mass is 10.1. The van der Waals surface area contributed by atoms with Crippen LogP contribution in [0.15, 0.2) is 42.6 Å². The zero-order valence-corrected chi connectivity index (χ0v) is 18.4. The number of halogens is 1. The minimum absolute atomic E-state index is 0.0245. The Morgan fingerprint density at radius 3 is 2.61 bits per heavy atom. The van der Waals surface area contributed by atoms with Gasteiger partial charge in [-0.05, 0) is 62.1 Å². The van der Waals surface area contributed by atoms with Crippen molar-refractivity contribution in [3.05, 3.63) is 70.8 Å². The van der Waals surface area contributed by atoms with Crippen molar-refractivity contribution in [3.8, 4) is 23.3 Å². The first-order chi connectivity index (χ1) is 16.0. The number of carbonyl (C=O) groups excluding carboxylic acids is 1. The molecule has 1 amide bonds. The van der Waals surface area contributed by atoms with Gasteiger partial charge in [-0.2, -0.15) is 10.4 Å². The van der Waals surface area contributed by atoms with Crippen LogP contribution in [0.1, 0.15) is 46.9 Å². The first-order valence-corrected chi connectivity index (χ1v) is 10.9. The number of hydrogen-bond acceptors (Lipinski definition) is 5. The lowest BCUT2D eigenvalue weighted by Gasteiger charge is -2.22. The van der Waals surface area contributed by atoms with Gasteiger partial charge in [0.05, 0.1) is 36.7 Å². The van der Waals surface area contributed by atoms with Crippen LogP contribution in [0.5, 0.6) is 11.5 Å². The molecule has 0 spiro atoms. The molecule has 1 unspecified atom stereocenters. The van der Waals surface area contributed by atoms with E-state index in [2.05, 4.69) is 11.2 Å². The first-order valence-electron chi connectivity index (χ1n) is 10.9. The SMILES string of the molecule is COc1c(C#N)ccc(OC(C)C2CC2)c1C(=O)N1Cc2cn(-c3ccc(F)cc3)nc2C1. The molecule has 2 aromatic carbocycles. The van der Waals surface area contributed by atoms with Crippen LogP contribution in [-0.4, -0.2) is 33.8 Å². The number of fused-ring (bicyclic) bond motifs is 1. The van der Waals surface area contributed by atoms with Gasteiger partial charge in [-0.15, -0.1) is 0 Å². The number of ether oxygens (including phenoxy) is 2. The molecule has 1 aliphatic carbocycles. The molecule has 3 aromatic rings. The zero-order chi connectivity index (χ0) is 23.1. The van der Waals surface area contributed by atoms with Gasteiger partial charge >= 0.3 is 0 Å². The Kier molecular flexibility index (Phi) is 5.25. The molecule has 1 aromatic heterocycles. The van der Waals surface area contributed by atoms with Crippen molar-refractivity contribution < 1.29 is 18.7 Å². The predicted octanol–water partition coefficient (Wildman–Crippen LogP) is 4.22. The van der Waals surface area contributed by atoms with E-state index in [9.17, 15) is 14.4 Å². The Morgan fingerprint density at radius 2 is 1.97 bits per heavy atom. The molecule has 2 heterocycles. The highest BCUT2D eigenvalue weighted by Gasteiger charge is 2.34. The summed E-state index contributed by atoms with van der Waals surface area (Å²) in [5.41, 5.74) is 2.98. The minimum Gasteiger partial charge on any atom is -0.494 e. The molecule has 1 fully saturated rings. The minimum atomic E-state index is -0.308. The molecule has 2 aliphatic rings. The van der Waals surface area contributed by atoms with Crippen LogP contribution in [0.25, 0.3) is 5.69 Å². The van der Waals surface area contributed by atoms with E-state index in [1.54, 1.807) is 33.8 Å². The molecular formula is C25H23FN4O3. The summed E-state index contributed by atoms with van der Waals surface area (Å²) in [6, 6.07) is 11.5. The Bertz CT molecular complexity index is 1230. The molecule has 8 heteroatoms. The van der Waals surface area contributed by atoms with E-state index in [0.29, 0.717) is 24.8 Å². The second-order valence-corrected chi connectivity index (χ2v) is 8.47. The number of nitrogens with zero attached hydrogens (tertiary/aromatic N) is 4. The van der Waals surface area contributed by atoms with Crippen LogP contribution >= 0.6 is 0 Å². The van der Waals surface area contributed by atoms with Crippen LogP contribution in [0.3, 0.4) is 0 Å². The summed E-state index contributed by atoms with van der Waals surface area (Å²) < 4.78 is 26.6. The molecule has 0 bridgehead atoms. The van der Waals surface area contributed by atoms with Gasteiger partial charge in [0.2, 0.25) is 0 Å². The first kappa shape index (κ1) is 21.0. The molecule has 5 rings (SSSR count). The van der Waals surface area contributed by atoms with Crippen molar-refractivity contribution in [2.24, 2.45) is 5.92 Å². The summed E-state index contributed by atoms with van der Waals surface area (Å²) in [6.45, 7) is 2.69. The van der Waals surface area contributed by atoms with E-state index >= 15 is 0 Å². The standard InChI is InChI=1S/C25H23FN4O3/c1-15(16-3-4-16)33-22-10-5-17(11-27)24(32-2)23(22)25(31)29-12-18-13-30(28-21(18)14-29)20-8-6-19(26)7-9-20/h5-10,13,15-16H,3-4,12,14H2,1-2H3. The number of rotatable bonds is 6. The predicted molar refractivity (Wildman–Crippen MR) is 118 cm³/mol. The Balaban J connectivity index is 1.42. The number of aromatic nitrogens is 2. The molecule has 33 heavy (non-hydrogen) atoms. The summed E-state index contributed by atoms with van der Waals surface area (Å²) in [4.78, 5) is 15.3. The van der Waals surface area contributed by atoms with Crippen molar-refractivity contribution >= 4 is 5.91 Å². The maximum Gasteiger partial charge on any atom is 0.262 e. The Labute approximate surface area is 190 Å². The third-order valence-electron chi connectivity index (χ3n) is 6.21. The van der Waals surface area contributed by atoms with Crippen molar-refractivity contribution in [1.82, 2.24) is 14.7 Å². The second-order valence-electron chi connectivity index (χ2n) is 8.47. The van der Waals surface area contributed by atoms with Crippen LogP contribution in [0.4, 0.5) is 4.39 Å².